The molecule has 2 atom stereocenters. The second-order valence-corrected chi connectivity index (χ2v) is 12.9. The van der Waals surface area contributed by atoms with E-state index >= 15 is 0 Å². The molecule has 38 heavy (non-hydrogen) atoms. The highest BCUT2D eigenvalue weighted by Gasteiger charge is 2.46. The lowest BCUT2D eigenvalue weighted by atomic mass is 9.69. The molecule has 3 fully saturated rings. The lowest BCUT2D eigenvalue weighted by molar-refractivity contribution is 0.107. The standard InChI is InChI=1S/C31H38ClN5O/c32-26-7-1-6-25-23(26)8-13-30(25)14-9-24-27(19-30)34-29(38-21-31-11-3-17-37(31)18-4-12-31)35-28(24)36-16-2-5-22(20-36)10-15-33/h1,6-7,22H,2-5,8-14,16-21H2/t22-,30-/m0/s1. The average molecular weight is 532 g/mol. The van der Waals surface area contributed by atoms with Crippen LogP contribution in [0.1, 0.15) is 80.2 Å². The van der Waals surface area contributed by atoms with Crippen LogP contribution in [0.2, 0.25) is 5.02 Å². The third-order valence-corrected chi connectivity index (χ3v) is 10.8. The Kier molecular flexibility index (Phi) is 6.28. The van der Waals surface area contributed by atoms with Crippen LogP contribution in [-0.4, -0.2) is 53.2 Å². The molecule has 7 heteroatoms. The third-order valence-electron chi connectivity index (χ3n) is 10.4. The van der Waals surface area contributed by atoms with Crippen LogP contribution in [0.25, 0.3) is 0 Å². The van der Waals surface area contributed by atoms with Gasteiger partial charge in [0.25, 0.3) is 0 Å². The maximum atomic E-state index is 9.35. The lowest BCUT2D eigenvalue weighted by Gasteiger charge is -2.39. The Morgan fingerprint density at radius 3 is 2.66 bits per heavy atom. The summed E-state index contributed by atoms with van der Waals surface area (Å²) < 4.78 is 6.54. The first kappa shape index (κ1) is 24.7. The maximum absolute atomic E-state index is 9.35. The van der Waals surface area contributed by atoms with Crippen molar-refractivity contribution in [3.05, 3.63) is 45.6 Å². The number of rotatable bonds is 5. The number of hydrogen-bond acceptors (Lipinski definition) is 6. The number of nitrogens with zero attached hydrogens (tertiary/aromatic N) is 5. The fourth-order valence-corrected chi connectivity index (χ4v) is 8.73. The van der Waals surface area contributed by atoms with E-state index < -0.39 is 0 Å². The van der Waals surface area contributed by atoms with Crippen molar-refractivity contribution in [1.29, 1.82) is 5.26 Å². The molecule has 0 amide bonds. The van der Waals surface area contributed by atoms with E-state index in [4.69, 9.17) is 26.3 Å². The molecular formula is C31H38ClN5O. The maximum Gasteiger partial charge on any atom is 0.318 e. The van der Waals surface area contributed by atoms with Crippen LogP contribution < -0.4 is 9.64 Å². The van der Waals surface area contributed by atoms with E-state index in [0.717, 1.165) is 68.9 Å². The van der Waals surface area contributed by atoms with Crippen LogP contribution in [-0.2, 0) is 24.7 Å². The Labute approximate surface area is 231 Å². The highest BCUT2D eigenvalue weighted by Crippen LogP contribution is 2.50. The quantitative estimate of drug-likeness (QED) is 0.497. The molecule has 1 aromatic carbocycles. The van der Waals surface area contributed by atoms with Crippen LogP contribution >= 0.6 is 11.6 Å². The van der Waals surface area contributed by atoms with Crippen molar-refractivity contribution in [2.24, 2.45) is 5.92 Å². The van der Waals surface area contributed by atoms with Gasteiger partial charge in [-0.3, -0.25) is 4.90 Å². The van der Waals surface area contributed by atoms with E-state index in [1.807, 2.05) is 6.07 Å². The number of nitriles is 1. The molecule has 0 bridgehead atoms. The van der Waals surface area contributed by atoms with Gasteiger partial charge in [-0.1, -0.05) is 23.7 Å². The van der Waals surface area contributed by atoms with E-state index in [1.54, 1.807) is 0 Å². The number of halogens is 1. The predicted molar refractivity (Wildman–Crippen MR) is 149 cm³/mol. The van der Waals surface area contributed by atoms with Crippen molar-refractivity contribution in [2.45, 2.75) is 88.0 Å². The Morgan fingerprint density at radius 2 is 1.84 bits per heavy atom. The summed E-state index contributed by atoms with van der Waals surface area (Å²) in [6.45, 7) is 4.96. The van der Waals surface area contributed by atoms with Gasteiger partial charge in [0.15, 0.2) is 0 Å². The molecule has 6 nitrogen and oxygen atoms in total. The minimum absolute atomic E-state index is 0.105. The van der Waals surface area contributed by atoms with Crippen molar-refractivity contribution in [2.75, 3.05) is 37.7 Å². The number of piperidine rings is 1. The molecule has 3 aliphatic heterocycles. The molecule has 2 aliphatic carbocycles. The summed E-state index contributed by atoms with van der Waals surface area (Å²) in [5, 5.41) is 10.3. The summed E-state index contributed by atoms with van der Waals surface area (Å²) in [6.07, 6.45) is 13.0. The largest absolute Gasteiger partial charge is 0.461 e. The SMILES string of the molecule is N#CC[C@@H]1CCCN(c2nc(OCC34CCCN3CCC4)nc3c2CC[C@@]2(CCc4c(Cl)cccc42)C3)C1. The van der Waals surface area contributed by atoms with Gasteiger partial charge in [0.1, 0.15) is 12.4 Å². The summed E-state index contributed by atoms with van der Waals surface area (Å²) in [7, 11) is 0. The van der Waals surface area contributed by atoms with Gasteiger partial charge >= 0.3 is 6.01 Å². The van der Waals surface area contributed by atoms with Gasteiger partial charge in [0, 0.05) is 35.5 Å². The number of ether oxygens (including phenoxy) is 1. The fourth-order valence-electron chi connectivity index (χ4n) is 8.46. The van der Waals surface area contributed by atoms with Gasteiger partial charge < -0.3 is 9.64 Å². The first-order valence-corrected chi connectivity index (χ1v) is 15.1. The molecule has 2 aromatic rings. The zero-order valence-electron chi connectivity index (χ0n) is 22.4. The van der Waals surface area contributed by atoms with Crippen LogP contribution in [0.15, 0.2) is 18.2 Å². The number of aromatic nitrogens is 2. The van der Waals surface area contributed by atoms with Gasteiger partial charge in [-0.05, 0) is 107 Å². The second-order valence-electron chi connectivity index (χ2n) is 12.5. The lowest BCUT2D eigenvalue weighted by Crippen LogP contribution is -2.44. The van der Waals surface area contributed by atoms with Crippen LogP contribution in [0.3, 0.4) is 0 Å². The van der Waals surface area contributed by atoms with Gasteiger partial charge in [-0.25, -0.2) is 0 Å². The molecule has 3 saturated heterocycles. The van der Waals surface area contributed by atoms with Gasteiger partial charge in [-0.2, -0.15) is 15.2 Å². The number of benzene rings is 1. The summed E-state index contributed by atoms with van der Waals surface area (Å²) in [5.74, 6) is 1.48. The Hall–Kier alpha value is -2.36. The Morgan fingerprint density at radius 1 is 1.03 bits per heavy atom. The van der Waals surface area contributed by atoms with Crippen LogP contribution in [0.4, 0.5) is 5.82 Å². The molecule has 7 rings (SSSR count). The zero-order chi connectivity index (χ0) is 25.7. The molecule has 4 heterocycles. The third kappa shape index (κ3) is 4.09. The minimum Gasteiger partial charge on any atom is -0.461 e. The highest BCUT2D eigenvalue weighted by atomic mass is 35.5. The normalized spacial score (nSPS) is 27.7. The second kappa shape index (κ2) is 9.68. The zero-order valence-corrected chi connectivity index (χ0v) is 23.1. The van der Waals surface area contributed by atoms with Crippen LogP contribution in [0, 0.1) is 17.2 Å². The minimum atomic E-state index is 0.105. The van der Waals surface area contributed by atoms with Crippen molar-refractivity contribution >= 4 is 17.4 Å². The average Bonchev–Trinajstić information content (AvgIpc) is 3.61. The van der Waals surface area contributed by atoms with Crippen molar-refractivity contribution in [3.8, 4) is 12.1 Å². The Bertz CT molecular complexity index is 1260. The Balaban J connectivity index is 1.23. The molecule has 1 spiro atoms. The molecule has 0 radical (unpaired) electrons. The molecule has 1 aromatic heterocycles. The number of hydrogen-bond donors (Lipinski definition) is 0. The molecule has 200 valence electrons. The van der Waals surface area contributed by atoms with E-state index in [0.29, 0.717) is 25.0 Å². The molecule has 5 aliphatic rings. The van der Waals surface area contributed by atoms with Crippen LogP contribution in [0.5, 0.6) is 6.01 Å². The summed E-state index contributed by atoms with van der Waals surface area (Å²) in [4.78, 5) is 15.3. The predicted octanol–water partition coefficient (Wildman–Crippen LogP) is 5.64. The summed E-state index contributed by atoms with van der Waals surface area (Å²) in [5.41, 5.74) is 5.51. The summed E-state index contributed by atoms with van der Waals surface area (Å²) in [6, 6.07) is 9.39. The smallest absolute Gasteiger partial charge is 0.318 e. The van der Waals surface area contributed by atoms with Crippen molar-refractivity contribution in [1.82, 2.24) is 14.9 Å². The molecule has 0 saturated carbocycles. The van der Waals surface area contributed by atoms with E-state index in [2.05, 4.69) is 28.0 Å². The first-order valence-electron chi connectivity index (χ1n) is 14.8. The van der Waals surface area contributed by atoms with E-state index in [-0.39, 0.29) is 11.0 Å². The molecule has 0 unspecified atom stereocenters. The van der Waals surface area contributed by atoms with E-state index in [1.165, 1.54) is 61.2 Å². The molecular weight excluding hydrogens is 494 g/mol. The first-order chi connectivity index (χ1) is 18.6. The monoisotopic (exact) mass is 531 g/mol. The topological polar surface area (TPSA) is 65.3 Å². The number of anilines is 1. The van der Waals surface area contributed by atoms with Gasteiger partial charge in [0.2, 0.25) is 0 Å². The van der Waals surface area contributed by atoms with E-state index in [9.17, 15) is 5.26 Å². The van der Waals surface area contributed by atoms with Gasteiger partial charge in [-0.15, -0.1) is 0 Å². The summed E-state index contributed by atoms with van der Waals surface area (Å²) >= 11 is 6.63. The van der Waals surface area contributed by atoms with Gasteiger partial charge in [0.05, 0.1) is 17.3 Å². The molecule has 0 N–H and O–H groups in total. The highest BCUT2D eigenvalue weighted by molar-refractivity contribution is 6.31. The van der Waals surface area contributed by atoms with Crippen molar-refractivity contribution < 1.29 is 4.74 Å². The number of fused-ring (bicyclic) bond motifs is 4. The van der Waals surface area contributed by atoms with Crippen molar-refractivity contribution in [3.63, 3.8) is 0 Å². The fraction of sp³-hybridized carbons (Fsp3) is 0.645.